The van der Waals surface area contributed by atoms with Gasteiger partial charge in [-0.05, 0) is 55.0 Å². The minimum atomic E-state index is -2.65. The Morgan fingerprint density at radius 3 is 2.72 bits per heavy atom. The first-order valence-corrected chi connectivity index (χ1v) is 11.1. The van der Waals surface area contributed by atoms with Gasteiger partial charge < -0.3 is 20.6 Å². The van der Waals surface area contributed by atoms with Crippen molar-refractivity contribution >= 4 is 11.7 Å². The first-order chi connectivity index (χ1) is 15.3. The smallest absolute Gasteiger partial charge is 0.264 e. The van der Waals surface area contributed by atoms with E-state index in [1.807, 2.05) is 24.1 Å². The molecule has 0 radical (unpaired) electrons. The van der Waals surface area contributed by atoms with Crippen LogP contribution in [0.15, 0.2) is 30.3 Å². The Kier molecular flexibility index (Phi) is 5.23. The fraction of sp³-hybridized carbons (Fsp3) is 0.522. The number of aromatic nitrogens is 2. The van der Waals surface area contributed by atoms with Crippen molar-refractivity contribution in [3.8, 4) is 17.0 Å². The average Bonchev–Trinajstić information content (AvgIpc) is 2.99. The zero-order chi connectivity index (χ0) is 22.5. The molecule has 3 N–H and O–H groups in total. The van der Waals surface area contributed by atoms with Crippen LogP contribution >= 0.6 is 0 Å². The number of carbonyl (C=O) groups is 1. The van der Waals surface area contributed by atoms with Crippen LogP contribution in [0.5, 0.6) is 5.75 Å². The summed E-state index contributed by atoms with van der Waals surface area (Å²) in [7, 11) is 1.86. The number of carbonyl (C=O) groups excluding carboxylic acids is 1. The molecule has 4 atom stereocenters. The first-order valence-electron chi connectivity index (χ1n) is 11.1. The van der Waals surface area contributed by atoms with Crippen LogP contribution in [0.3, 0.4) is 0 Å². The highest BCUT2D eigenvalue weighted by Gasteiger charge is 2.53. The molecule has 2 aromatic rings. The number of anilines is 1. The average molecular weight is 443 g/mol. The number of nitrogens with zero attached hydrogens (tertiary/aromatic N) is 3. The van der Waals surface area contributed by atoms with Crippen molar-refractivity contribution in [1.82, 2.24) is 20.8 Å². The number of nitrogens with one attached hydrogen (secondary N) is 2. The number of hydrogen-bond acceptors (Lipinski definition) is 6. The number of phenols is 1. The lowest BCUT2D eigenvalue weighted by Gasteiger charge is -2.36. The van der Waals surface area contributed by atoms with Gasteiger partial charge in [-0.15, -0.1) is 10.2 Å². The molecule has 4 heterocycles. The predicted octanol–water partition coefficient (Wildman–Crippen LogP) is 2.81. The molecule has 0 aliphatic carbocycles. The molecular weight excluding hydrogens is 416 g/mol. The molecule has 0 spiro atoms. The van der Waals surface area contributed by atoms with Crippen molar-refractivity contribution in [1.29, 1.82) is 0 Å². The second-order valence-electron chi connectivity index (χ2n) is 9.21. The van der Waals surface area contributed by atoms with Crippen LogP contribution in [0, 0.1) is 0 Å². The van der Waals surface area contributed by atoms with E-state index in [9.17, 15) is 18.7 Å². The number of hydrogen-bond donors (Lipinski definition) is 3. The van der Waals surface area contributed by atoms with E-state index in [4.69, 9.17) is 0 Å². The molecule has 3 fully saturated rings. The van der Waals surface area contributed by atoms with Crippen molar-refractivity contribution in [2.24, 2.45) is 0 Å². The number of aromatic hydroxyl groups is 1. The topological polar surface area (TPSA) is 90.4 Å². The van der Waals surface area contributed by atoms with Gasteiger partial charge in [0, 0.05) is 44.1 Å². The number of halogens is 2. The van der Waals surface area contributed by atoms with Crippen molar-refractivity contribution in [3.05, 3.63) is 35.9 Å². The Hall–Kier alpha value is -2.81. The molecule has 3 aliphatic rings. The third kappa shape index (κ3) is 3.90. The third-order valence-electron chi connectivity index (χ3n) is 7.11. The van der Waals surface area contributed by atoms with Crippen LogP contribution < -0.4 is 15.5 Å². The number of rotatable bonds is 4. The molecule has 0 unspecified atom stereocenters. The lowest BCUT2D eigenvalue weighted by molar-refractivity contribution is -0.122. The predicted molar refractivity (Wildman–Crippen MR) is 116 cm³/mol. The maximum atomic E-state index is 14.0. The van der Waals surface area contributed by atoms with Gasteiger partial charge >= 0.3 is 0 Å². The Morgan fingerprint density at radius 2 is 2.03 bits per heavy atom. The van der Waals surface area contributed by atoms with Crippen LogP contribution in [0.2, 0.25) is 0 Å². The Balaban J connectivity index is 1.30. The summed E-state index contributed by atoms with van der Waals surface area (Å²) in [5.74, 6) is -1.81. The van der Waals surface area contributed by atoms with Crippen molar-refractivity contribution in [2.45, 2.75) is 62.1 Å². The highest BCUT2D eigenvalue weighted by atomic mass is 19.3. The summed E-state index contributed by atoms with van der Waals surface area (Å²) in [4.78, 5) is 13.6. The third-order valence-corrected chi connectivity index (χ3v) is 7.11. The van der Waals surface area contributed by atoms with Gasteiger partial charge in [-0.2, -0.15) is 0 Å². The van der Waals surface area contributed by atoms with E-state index in [-0.39, 0.29) is 36.1 Å². The van der Waals surface area contributed by atoms with Gasteiger partial charge in [0.15, 0.2) is 5.82 Å². The SMILES string of the molecule is CN(c1ccc(-c2ccc([C@@H]3CCNC(=O)C3)cc2O)nn1)[C@H]1C[C@@H]2CC(F)(F)[C@H](C1)N2. The summed E-state index contributed by atoms with van der Waals surface area (Å²) in [5, 5.41) is 25.0. The first kappa shape index (κ1) is 21.1. The van der Waals surface area contributed by atoms with E-state index >= 15 is 0 Å². The molecule has 1 aromatic carbocycles. The quantitative estimate of drug-likeness (QED) is 0.673. The number of benzene rings is 1. The number of phenolic OH excluding ortho intramolecular Hbond substituents is 1. The molecule has 7 nitrogen and oxygen atoms in total. The van der Waals surface area contributed by atoms with Gasteiger partial charge in [-0.3, -0.25) is 4.79 Å². The van der Waals surface area contributed by atoms with Gasteiger partial charge in [0.1, 0.15) is 5.75 Å². The number of alkyl halides is 2. The highest BCUT2D eigenvalue weighted by molar-refractivity contribution is 5.78. The molecule has 5 rings (SSSR count). The summed E-state index contributed by atoms with van der Waals surface area (Å²) < 4.78 is 28.1. The van der Waals surface area contributed by atoms with Gasteiger partial charge in [-0.1, -0.05) is 6.07 Å². The van der Waals surface area contributed by atoms with Crippen LogP contribution in [-0.2, 0) is 4.79 Å². The summed E-state index contributed by atoms with van der Waals surface area (Å²) in [6.45, 7) is 0.642. The Morgan fingerprint density at radius 1 is 1.19 bits per heavy atom. The zero-order valence-electron chi connectivity index (χ0n) is 17.9. The molecule has 2 bridgehead atoms. The Bertz CT molecular complexity index is 1020. The van der Waals surface area contributed by atoms with Crippen molar-refractivity contribution in [3.63, 3.8) is 0 Å². The number of fused-ring (bicyclic) bond motifs is 2. The number of amides is 1. The fourth-order valence-electron chi connectivity index (χ4n) is 5.27. The lowest BCUT2D eigenvalue weighted by atomic mass is 9.89. The normalized spacial score (nSPS) is 28.9. The fourth-order valence-corrected chi connectivity index (χ4v) is 5.27. The van der Waals surface area contributed by atoms with E-state index in [0.717, 1.165) is 12.0 Å². The highest BCUT2D eigenvalue weighted by Crippen LogP contribution is 2.41. The molecular formula is C23H27F2N5O2. The minimum absolute atomic E-state index is 0.0276. The molecule has 9 heteroatoms. The van der Waals surface area contributed by atoms with E-state index in [0.29, 0.717) is 42.9 Å². The molecule has 3 saturated heterocycles. The van der Waals surface area contributed by atoms with Gasteiger partial charge in [-0.25, -0.2) is 8.78 Å². The summed E-state index contributed by atoms with van der Waals surface area (Å²) in [6, 6.07) is 8.03. The molecule has 1 amide bonds. The van der Waals surface area contributed by atoms with Crippen LogP contribution in [0.25, 0.3) is 11.3 Å². The zero-order valence-corrected chi connectivity index (χ0v) is 17.9. The van der Waals surface area contributed by atoms with E-state index in [1.165, 1.54) is 0 Å². The maximum Gasteiger partial charge on any atom is 0.264 e. The number of piperidine rings is 2. The van der Waals surface area contributed by atoms with Crippen LogP contribution in [0.1, 0.15) is 43.6 Å². The second kappa shape index (κ2) is 7.95. The van der Waals surface area contributed by atoms with Gasteiger partial charge in [0.05, 0.1) is 11.7 Å². The van der Waals surface area contributed by atoms with Crippen LogP contribution in [0.4, 0.5) is 14.6 Å². The Labute approximate surface area is 185 Å². The van der Waals surface area contributed by atoms with Gasteiger partial charge in [0.2, 0.25) is 5.91 Å². The molecule has 32 heavy (non-hydrogen) atoms. The minimum Gasteiger partial charge on any atom is -0.507 e. The van der Waals surface area contributed by atoms with Gasteiger partial charge in [0.25, 0.3) is 5.92 Å². The van der Waals surface area contributed by atoms with E-state index in [2.05, 4.69) is 20.8 Å². The second-order valence-corrected chi connectivity index (χ2v) is 9.21. The monoisotopic (exact) mass is 443 g/mol. The van der Waals surface area contributed by atoms with Crippen molar-refractivity contribution < 1.29 is 18.7 Å². The lowest BCUT2D eigenvalue weighted by Crippen LogP contribution is -2.49. The summed E-state index contributed by atoms with van der Waals surface area (Å²) in [5.41, 5.74) is 2.03. The summed E-state index contributed by atoms with van der Waals surface area (Å²) >= 11 is 0. The van der Waals surface area contributed by atoms with Crippen molar-refractivity contribution in [2.75, 3.05) is 18.5 Å². The standard InChI is InChI=1S/C23H27F2N5O2/c1-30(16-10-15-12-23(24,25)20(11-16)27-15)21-5-4-18(28-29-21)17-3-2-13(8-19(17)31)14-6-7-26-22(32)9-14/h2-5,8,14-16,20,27,31H,6-7,9-12H2,1H3,(H,26,32)/t14-,15-,16+,20+/m1/s1. The molecule has 0 saturated carbocycles. The molecule has 1 aromatic heterocycles. The summed E-state index contributed by atoms with van der Waals surface area (Å²) in [6.07, 6.45) is 2.17. The maximum absolute atomic E-state index is 14.0. The largest absolute Gasteiger partial charge is 0.507 e. The molecule has 170 valence electrons. The van der Waals surface area contributed by atoms with E-state index < -0.39 is 12.0 Å². The van der Waals surface area contributed by atoms with E-state index in [1.54, 1.807) is 18.2 Å². The molecule has 3 aliphatic heterocycles. The van der Waals surface area contributed by atoms with Crippen LogP contribution in [-0.4, -0.2) is 58.9 Å².